The third-order valence-electron chi connectivity index (χ3n) is 7.50. The van der Waals surface area contributed by atoms with Crippen LogP contribution in [0.4, 0.5) is 5.69 Å². The quantitative estimate of drug-likeness (QED) is 0.0885. The summed E-state index contributed by atoms with van der Waals surface area (Å²) in [6.45, 7) is 6.14. The van der Waals surface area contributed by atoms with Gasteiger partial charge in [-0.25, -0.2) is 4.98 Å². The van der Waals surface area contributed by atoms with Crippen LogP contribution in [0.25, 0.3) is 22.3 Å². The third-order valence-corrected chi connectivity index (χ3v) is 7.50. The summed E-state index contributed by atoms with van der Waals surface area (Å²) in [5.74, 6) is 2.33. The molecule has 5 rings (SSSR count). The standard InChI is InChI=1S/C35H34N4O7/c1-21(2)27-18-28(22(3)14-30(27)43-4)34-37-29-13-8-7-12-26(29)35(40)38(34)36-19-24-16-31(44-5)33(32(17-24)45-6)46-20-23-10-9-11-25(15-23)39(41)42/h7-19,21H,20H2,1-6H3. The van der Waals surface area contributed by atoms with Crippen molar-refractivity contribution in [2.45, 2.75) is 33.3 Å². The molecule has 4 aromatic carbocycles. The second-order valence-electron chi connectivity index (χ2n) is 10.8. The second kappa shape index (κ2) is 13.5. The molecule has 1 heterocycles. The first-order valence-electron chi connectivity index (χ1n) is 14.5. The van der Waals surface area contributed by atoms with Crippen molar-refractivity contribution in [3.63, 3.8) is 0 Å². The van der Waals surface area contributed by atoms with Crippen molar-refractivity contribution < 1.29 is 23.9 Å². The highest BCUT2D eigenvalue weighted by Crippen LogP contribution is 2.39. The van der Waals surface area contributed by atoms with E-state index in [1.807, 2.05) is 25.1 Å². The summed E-state index contributed by atoms with van der Waals surface area (Å²) in [5, 5.41) is 16.2. The summed E-state index contributed by atoms with van der Waals surface area (Å²) < 4.78 is 24.2. The monoisotopic (exact) mass is 622 g/mol. The highest BCUT2D eigenvalue weighted by molar-refractivity contribution is 5.84. The number of aryl methyl sites for hydroxylation is 1. The van der Waals surface area contributed by atoms with Crippen molar-refractivity contribution in [1.82, 2.24) is 9.66 Å². The molecule has 11 nitrogen and oxygen atoms in total. The Bertz CT molecular complexity index is 1990. The van der Waals surface area contributed by atoms with Gasteiger partial charge >= 0.3 is 0 Å². The van der Waals surface area contributed by atoms with Crippen LogP contribution in [0.15, 0.2) is 82.7 Å². The van der Waals surface area contributed by atoms with Gasteiger partial charge in [0.2, 0.25) is 5.75 Å². The lowest BCUT2D eigenvalue weighted by Crippen LogP contribution is -2.20. The van der Waals surface area contributed by atoms with E-state index in [0.717, 1.165) is 22.4 Å². The zero-order valence-electron chi connectivity index (χ0n) is 26.4. The zero-order chi connectivity index (χ0) is 33.0. The van der Waals surface area contributed by atoms with Crippen LogP contribution in [-0.4, -0.2) is 42.1 Å². The Morgan fingerprint density at radius 1 is 0.935 bits per heavy atom. The molecular formula is C35H34N4O7. The van der Waals surface area contributed by atoms with Crippen molar-refractivity contribution in [3.8, 4) is 34.4 Å². The van der Waals surface area contributed by atoms with Gasteiger partial charge in [0.25, 0.3) is 11.2 Å². The van der Waals surface area contributed by atoms with Crippen LogP contribution in [0.3, 0.4) is 0 Å². The van der Waals surface area contributed by atoms with Gasteiger partial charge in [0.05, 0.1) is 43.4 Å². The minimum absolute atomic E-state index is 0.0327. The van der Waals surface area contributed by atoms with Crippen LogP contribution in [0.2, 0.25) is 0 Å². The third kappa shape index (κ3) is 6.39. The molecule has 0 atom stereocenters. The number of methoxy groups -OCH3 is 3. The first-order valence-corrected chi connectivity index (χ1v) is 14.5. The Balaban J connectivity index is 1.58. The van der Waals surface area contributed by atoms with Crippen LogP contribution in [-0.2, 0) is 6.61 Å². The summed E-state index contributed by atoms with van der Waals surface area (Å²) >= 11 is 0. The fourth-order valence-corrected chi connectivity index (χ4v) is 5.13. The van der Waals surface area contributed by atoms with E-state index in [1.54, 1.807) is 49.6 Å². The second-order valence-corrected chi connectivity index (χ2v) is 10.8. The SMILES string of the molecule is COc1cc(C)c(-c2nc3ccccc3c(=O)n2N=Cc2cc(OC)c(OCc3cccc([N+](=O)[O-])c3)c(OC)c2)cc1C(C)C. The molecule has 0 aliphatic carbocycles. The Hall–Kier alpha value is -5.71. The van der Waals surface area contributed by atoms with Gasteiger partial charge in [-0.15, -0.1) is 0 Å². The number of nitro groups is 1. The molecule has 0 fully saturated rings. The lowest BCUT2D eigenvalue weighted by Gasteiger charge is -2.17. The molecule has 0 saturated carbocycles. The average Bonchev–Trinajstić information content (AvgIpc) is 3.06. The predicted octanol–water partition coefficient (Wildman–Crippen LogP) is 6.89. The molecule has 0 aliphatic rings. The molecule has 0 amide bonds. The maximum atomic E-state index is 13.9. The van der Waals surface area contributed by atoms with Gasteiger partial charge in [-0.05, 0) is 65.9 Å². The van der Waals surface area contributed by atoms with E-state index in [0.29, 0.717) is 45.1 Å². The van der Waals surface area contributed by atoms with Crippen LogP contribution < -0.4 is 24.5 Å². The predicted molar refractivity (Wildman–Crippen MR) is 177 cm³/mol. The smallest absolute Gasteiger partial charge is 0.282 e. The van der Waals surface area contributed by atoms with Crippen molar-refractivity contribution in [1.29, 1.82) is 0 Å². The number of ether oxygens (including phenoxy) is 4. The molecule has 1 aromatic heterocycles. The minimum Gasteiger partial charge on any atom is -0.496 e. The fourth-order valence-electron chi connectivity index (χ4n) is 5.13. The van der Waals surface area contributed by atoms with Gasteiger partial charge in [-0.2, -0.15) is 9.78 Å². The van der Waals surface area contributed by atoms with E-state index in [9.17, 15) is 14.9 Å². The summed E-state index contributed by atoms with van der Waals surface area (Å²) in [5.41, 5.74) is 3.99. The first-order chi connectivity index (χ1) is 22.1. The Morgan fingerprint density at radius 2 is 1.63 bits per heavy atom. The van der Waals surface area contributed by atoms with Gasteiger partial charge in [-0.1, -0.05) is 38.1 Å². The average molecular weight is 623 g/mol. The van der Waals surface area contributed by atoms with Gasteiger partial charge in [0.15, 0.2) is 17.3 Å². The molecule has 0 N–H and O–H groups in total. The first kappa shape index (κ1) is 31.7. The number of para-hydroxylation sites is 1. The van der Waals surface area contributed by atoms with E-state index >= 15 is 0 Å². The molecule has 0 radical (unpaired) electrons. The van der Waals surface area contributed by atoms with E-state index < -0.39 is 4.92 Å². The molecule has 11 heteroatoms. The van der Waals surface area contributed by atoms with Gasteiger partial charge < -0.3 is 18.9 Å². The van der Waals surface area contributed by atoms with Crippen LogP contribution in [0.5, 0.6) is 23.0 Å². The molecule has 0 spiro atoms. The number of nitro benzene ring substituents is 1. The molecule has 0 bridgehead atoms. The molecule has 0 saturated heterocycles. The summed E-state index contributed by atoms with van der Waals surface area (Å²) in [4.78, 5) is 29.5. The maximum Gasteiger partial charge on any atom is 0.282 e. The minimum atomic E-state index is -0.459. The Morgan fingerprint density at radius 3 is 2.28 bits per heavy atom. The van der Waals surface area contributed by atoms with E-state index in [2.05, 4.69) is 18.9 Å². The van der Waals surface area contributed by atoms with Crippen molar-refractivity contribution in [2.24, 2.45) is 5.10 Å². The number of hydrogen-bond acceptors (Lipinski definition) is 9. The number of nitrogens with zero attached hydrogens (tertiary/aromatic N) is 4. The van der Waals surface area contributed by atoms with E-state index in [1.165, 1.54) is 37.2 Å². The lowest BCUT2D eigenvalue weighted by molar-refractivity contribution is -0.384. The van der Waals surface area contributed by atoms with E-state index in [-0.39, 0.29) is 23.8 Å². The van der Waals surface area contributed by atoms with Crippen molar-refractivity contribution in [2.75, 3.05) is 21.3 Å². The highest BCUT2D eigenvalue weighted by atomic mass is 16.6. The summed E-state index contributed by atoms with van der Waals surface area (Å²) in [6, 6.07) is 20.7. The maximum absolute atomic E-state index is 13.9. The lowest BCUT2D eigenvalue weighted by atomic mass is 9.96. The molecule has 5 aromatic rings. The molecule has 0 aliphatic heterocycles. The van der Waals surface area contributed by atoms with Gasteiger partial charge in [0, 0.05) is 23.3 Å². The number of benzene rings is 4. The fraction of sp³-hybridized carbons (Fsp3) is 0.229. The zero-order valence-corrected chi connectivity index (χ0v) is 26.4. The molecule has 0 unspecified atom stereocenters. The largest absolute Gasteiger partial charge is 0.496 e. The highest BCUT2D eigenvalue weighted by Gasteiger charge is 2.19. The number of aromatic nitrogens is 2. The van der Waals surface area contributed by atoms with Crippen molar-refractivity contribution >= 4 is 22.8 Å². The van der Waals surface area contributed by atoms with Crippen LogP contribution in [0.1, 0.15) is 42.0 Å². The Labute approximate surface area is 265 Å². The van der Waals surface area contributed by atoms with Crippen LogP contribution in [0, 0.1) is 17.0 Å². The topological polar surface area (TPSA) is 127 Å². The number of hydrogen-bond donors (Lipinski definition) is 0. The number of rotatable bonds is 11. The van der Waals surface area contributed by atoms with Gasteiger partial charge in [0.1, 0.15) is 12.4 Å². The Kier molecular flexibility index (Phi) is 9.31. The van der Waals surface area contributed by atoms with Crippen LogP contribution >= 0.6 is 0 Å². The molecule has 236 valence electrons. The molecular weight excluding hydrogens is 588 g/mol. The number of fused-ring (bicyclic) bond motifs is 1. The normalized spacial score (nSPS) is 11.3. The van der Waals surface area contributed by atoms with E-state index in [4.69, 9.17) is 23.9 Å². The molecule has 46 heavy (non-hydrogen) atoms. The van der Waals surface area contributed by atoms with Gasteiger partial charge in [-0.3, -0.25) is 14.9 Å². The summed E-state index contributed by atoms with van der Waals surface area (Å²) in [6.07, 6.45) is 1.53. The van der Waals surface area contributed by atoms with Crippen molar-refractivity contribution in [3.05, 3.63) is 116 Å². The summed E-state index contributed by atoms with van der Waals surface area (Å²) in [7, 11) is 4.62. The number of non-ortho nitro benzene ring substituents is 1.